The summed E-state index contributed by atoms with van der Waals surface area (Å²) in [4.78, 5) is 17.2. The Morgan fingerprint density at radius 2 is 1.90 bits per heavy atom. The lowest BCUT2D eigenvalue weighted by molar-refractivity contribution is -0.115. The van der Waals surface area contributed by atoms with Crippen molar-refractivity contribution >= 4 is 35.1 Å². The zero-order valence-electron chi connectivity index (χ0n) is 11.3. The summed E-state index contributed by atoms with van der Waals surface area (Å²) >= 11 is 4.23. The average molecular weight is 294 g/mol. The van der Waals surface area contributed by atoms with Crippen molar-refractivity contribution in [2.24, 2.45) is 0 Å². The molecule has 4 heteroatoms. The predicted octanol–water partition coefficient (Wildman–Crippen LogP) is 3.70. The summed E-state index contributed by atoms with van der Waals surface area (Å²) in [6.45, 7) is 0. The summed E-state index contributed by atoms with van der Waals surface area (Å²) in [6, 6.07) is 17.1. The summed E-state index contributed by atoms with van der Waals surface area (Å²) in [5.74, 6) is -0.0369. The molecule has 0 fully saturated rings. The molecule has 0 atom stereocenters. The number of aromatic nitrogens is 1. The summed E-state index contributed by atoms with van der Waals surface area (Å²) in [5.41, 5.74) is 2.67. The van der Waals surface area contributed by atoms with E-state index in [-0.39, 0.29) is 5.91 Å². The normalized spacial score (nSPS) is 10.5. The van der Waals surface area contributed by atoms with Crippen LogP contribution in [0.5, 0.6) is 0 Å². The number of pyridine rings is 1. The molecule has 3 aromatic rings. The number of carbonyl (C=O) groups is 1. The Morgan fingerprint density at radius 1 is 1.10 bits per heavy atom. The van der Waals surface area contributed by atoms with E-state index < -0.39 is 0 Å². The van der Waals surface area contributed by atoms with Gasteiger partial charge in [-0.3, -0.25) is 9.78 Å². The van der Waals surface area contributed by atoms with Gasteiger partial charge in [-0.25, -0.2) is 0 Å². The number of fused-ring (bicyclic) bond motifs is 1. The molecule has 0 saturated heterocycles. The van der Waals surface area contributed by atoms with Gasteiger partial charge in [0, 0.05) is 22.2 Å². The van der Waals surface area contributed by atoms with Crippen LogP contribution in [0.4, 0.5) is 5.69 Å². The van der Waals surface area contributed by atoms with Gasteiger partial charge >= 0.3 is 0 Å². The fourth-order valence-electron chi connectivity index (χ4n) is 2.16. The van der Waals surface area contributed by atoms with Crippen molar-refractivity contribution in [3.8, 4) is 0 Å². The monoisotopic (exact) mass is 294 g/mol. The van der Waals surface area contributed by atoms with Crippen molar-refractivity contribution in [2.45, 2.75) is 11.3 Å². The van der Waals surface area contributed by atoms with Crippen molar-refractivity contribution in [2.75, 3.05) is 5.32 Å². The van der Waals surface area contributed by atoms with Crippen LogP contribution in [0.3, 0.4) is 0 Å². The van der Waals surface area contributed by atoms with E-state index in [4.69, 9.17) is 0 Å². The zero-order chi connectivity index (χ0) is 14.7. The first-order valence-corrected chi connectivity index (χ1v) is 7.08. The standard InChI is InChI=1S/C17H14N2OS/c20-17(10-12-3-6-15(21)7-4-12)19-14-5-8-16-13(11-14)2-1-9-18-16/h1-9,11,21H,10H2,(H,19,20). The van der Waals surface area contributed by atoms with Gasteiger partial charge in [0.05, 0.1) is 11.9 Å². The average Bonchev–Trinajstić information content (AvgIpc) is 2.49. The molecule has 2 aromatic carbocycles. The van der Waals surface area contributed by atoms with Gasteiger partial charge in [-0.15, -0.1) is 12.6 Å². The number of carbonyl (C=O) groups excluding carboxylic acids is 1. The Kier molecular flexibility index (Phi) is 3.88. The minimum atomic E-state index is -0.0369. The van der Waals surface area contributed by atoms with Gasteiger partial charge in [-0.05, 0) is 42.0 Å². The van der Waals surface area contributed by atoms with E-state index in [1.54, 1.807) is 6.20 Å². The number of thiol groups is 1. The van der Waals surface area contributed by atoms with Gasteiger partial charge < -0.3 is 5.32 Å². The van der Waals surface area contributed by atoms with Gasteiger partial charge in [-0.1, -0.05) is 18.2 Å². The van der Waals surface area contributed by atoms with Crippen molar-refractivity contribution in [3.63, 3.8) is 0 Å². The fraction of sp³-hybridized carbons (Fsp3) is 0.0588. The highest BCUT2D eigenvalue weighted by molar-refractivity contribution is 7.80. The quantitative estimate of drug-likeness (QED) is 0.723. The molecule has 0 aliphatic carbocycles. The molecule has 1 aromatic heterocycles. The lowest BCUT2D eigenvalue weighted by Crippen LogP contribution is -2.14. The summed E-state index contributed by atoms with van der Waals surface area (Å²) < 4.78 is 0. The van der Waals surface area contributed by atoms with Crippen LogP contribution in [0.1, 0.15) is 5.56 Å². The number of amides is 1. The molecule has 0 unspecified atom stereocenters. The Balaban J connectivity index is 1.72. The van der Waals surface area contributed by atoms with E-state index in [0.717, 1.165) is 27.0 Å². The van der Waals surface area contributed by atoms with Crippen LogP contribution >= 0.6 is 12.6 Å². The predicted molar refractivity (Wildman–Crippen MR) is 87.8 cm³/mol. The molecule has 0 bridgehead atoms. The van der Waals surface area contributed by atoms with E-state index in [0.29, 0.717) is 6.42 Å². The maximum Gasteiger partial charge on any atom is 0.228 e. The van der Waals surface area contributed by atoms with E-state index in [9.17, 15) is 4.79 Å². The highest BCUT2D eigenvalue weighted by Gasteiger charge is 2.05. The molecule has 21 heavy (non-hydrogen) atoms. The Morgan fingerprint density at radius 3 is 2.71 bits per heavy atom. The maximum absolute atomic E-state index is 12.1. The minimum absolute atomic E-state index is 0.0369. The van der Waals surface area contributed by atoms with Crippen molar-refractivity contribution in [1.82, 2.24) is 4.98 Å². The topological polar surface area (TPSA) is 42.0 Å². The van der Waals surface area contributed by atoms with Crippen LogP contribution in [0.15, 0.2) is 65.7 Å². The number of anilines is 1. The molecule has 0 saturated carbocycles. The van der Waals surface area contributed by atoms with Gasteiger partial charge in [0.2, 0.25) is 5.91 Å². The summed E-state index contributed by atoms with van der Waals surface area (Å²) in [5, 5.41) is 3.92. The van der Waals surface area contributed by atoms with Gasteiger partial charge in [-0.2, -0.15) is 0 Å². The second-order valence-corrected chi connectivity index (χ2v) is 5.32. The third-order valence-corrected chi connectivity index (χ3v) is 3.49. The third-order valence-electron chi connectivity index (χ3n) is 3.19. The van der Waals surface area contributed by atoms with Gasteiger partial charge in [0.1, 0.15) is 0 Å². The van der Waals surface area contributed by atoms with Crippen LogP contribution in [0, 0.1) is 0 Å². The third kappa shape index (κ3) is 3.41. The Labute approximate surface area is 128 Å². The van der Waals surface area contributed by atoms with Crippen LogP contribution in [-0.4, -0.2) is 10.9 Å². The molecular weight excluding hydrogens is 280 g/mol. The van der Waals surface area contributed by atoms with Crippen molar-refractivity contribution in [1.29, 1.82) is 0 Å². The molecule has 1 amide bonds. The maximum atomic E-state index is 12.1. The lowest BCUT2D eigenvalue weighted by Gasteiger charge is -2.06. The molecule has 0 radical (unpaired) electrons. The van der Waals surface area contributed by atoms with Crippen LogP contribution in [0.25, 0.3) is 10.9 Å². The molecule has 0 aliphatic rings. The Bertz CT molecular complexity index is 784. The SMILES string of the molecule is O=C(Cc1ccc(S)cc1)Nc1ccc2ncccc2c1. The van der Waals surface area contributed by atoms with E-state index in [1.165, 1.54) is 0 Å². The number of rotatable bonds is 3. The summed E-state index contributed by atoms with van der Waals surface area (Å²) in [6.07, 6.45) is 2.10. The minimum Gasteiger partial charge on any atom is -0.326 e. The smallest absolute Gasteiger partial charge is 0.228 e. The molecule has 1 N–H and O–H groups in total. The van der Waals surface area contributed by atoms with Crippen LogP contribution in [-0.2, 0) is 11.2 Å². The molecule has 1 heterocycles. The first-order chi connectivity index (χ1) is 10.2. The van der Waals surface area contributed by atoms with Gasteiger partial charge in [0.25, 0.3) is 0 Å². The molecular formula is C17H14N2OS. The van der Waals surface area contributed by atoms with E-state index >= 15 is 0 Å². The molecule has 0 aliphatic heterocycles. The molecule has 3 nitrogen and oxygen atoms in total. The number of nitrogens with one attached hydrogen (secondary N) is 1. The molecule has 0 spiro atoms. The first-order valence-electron chi connectivity index (χ1n) is 6.63. The second-order valence-electron chi connectivity index (χ2n) is 4.80. The molecule has 3 rings (SSSR count). The number of nitrogens with zero attached hydrogens (tertiary/aromatic N) is 1. The highest BCUT2D eigenvalue weighted by atomic mass is 32.1. The van der Waals surface area contributed by atoms with E-state index in [1.807, 2.05) is 54.6 Å². The van der Waals surface area contributed by atoms with Crippen LogP contribution < -0.4 is 5.32 Å². The van der Waals surface area contributed by atoms with Crippen LogP contribution in [0.2, 0.25) is 0 Å². The number of hydrogen-bond acceptors (Lipinski definition) is 3. The zero-order valence-corrected chi connectivity index (χ0v) is 12.2. The fourth-order valence-corrected chi connectivity index (χ4v) is 2.31. The lowest BCUT2D eigenvalue weighted by atomic mass is 10.1. The largest absolute Gasteiger partial charge is 0.326 e. The number of benzene rings is 2. The highest BCUT2D eigenvalue weighted by Crippen LogP contribution is 2.17. The van der Waals surface area contributed by atoms with Crippen molar-refractivity contribution < 1.29 is 4.79 Å². The van der Waals surface area contributed by atoms with Crippen molar-refractivity contribution in [3.05, 3.63) is 66.4 Å². The van der Waals surface area contributed by atoms with E-state index in [2.05, 4.69) is 22.9 Å². The summed E-state index contributed by atoms with van der Waals surface area (Å²) in [7, 11) is 0. The van der Waals surface area contributed by atoms with Gasteiger partial charge in [0.15, 0.2) is 0 Å². The second kappa shape index (κ2) is 5.97. The number of hydrogen-bond donors (Lipinski definition) is 2. The Hall–Kier alpha value is -2.33. The molecule has 104 valence electrons. The first kappa shape index (κ1) is 13.6.